The Hall–Kier alpha value is -0.160. The van der Waals surface area contributed by atoms with Gasteiger partial charge in [-0.2, -0.15) is 0 Å². The van der Waals surface area contributed by atoms with Gasteiger partial charge in [0.2, 0.25) is 0 Å². The molecule has 2 aliphatic rings. The van der Waals surface area contributed by atoms with Gasteiger partial charge in [-0.3, -0.25) is 9.80 Å². The van der Waals surface area contributed by atoms with E-state index in [-0.39, 0.29) is 0 Å². The van der Waals surface area contributed by atoms with Gasteiger partial charge in [0, 0.05) is 50.8 Å². The summed E-state index contributed by atoms with van der Waals surface area (Å²) in [6.07, 6.45) is 1.22. The van der Waals surface area contributed by atoms with Crippen LogP contribution in [0.15, 0.2) is 0 Å². The van der Waals surface area contributed by atoms with Crippen molar-refractivity contribution in [2.45, 2.75) is 32.4 Å². The molecule has 0 aliphatic carbocycles. The number of nitrogens with zero attached hydrogens (tertiary/aromatic N) is 2. The summed E-state index contributed by atoms with van der Waals surface area (Å²) in [7, 11) is 2.09. The summed E-state index contributed by atoms with van der Waals surface area (Å²) in [4.78, 5) is 5.19. The molecule has 0 amide bonds. The molecule has 3 atom stereocenters. The van der Waals surface area contributed by atoms with Gasteiger partial charge in [0.15, 0.2) is 0 Å². The van der Waals surface area contributed by atoms with E-state index in [1.807, 2.05) is 0 Å². The molecule has 0 bridgehead atoms. The first kappa shape index (κ1) is 14.3. The molecule has 0 spiro atoms. The van der Waals surface area contributed by atoms with E-state index in [9.17, 15) is 0 Å². The van der Waals surface area contributed by atoms with Gasteiger partial charge in [-0.05, 0) is 26.9 Å². The lowest BCUT2D eigenvalue weighted by Crippen LogP contribution is -2.55. The van der Waals surface area contributed by atoms with Crippen molar-refractivity contribution >= 4 is 0 Å². The molecule has 2 saturated heterocycles. The minimum Gasteiger partial charge on any atom is -0.381 e. The number of hydrogen-bond acceptors (Lipinski definition) is 4. The maximum atomic E-state index is 5.52. The number of ether oxygens (including phenoxy) is 1. The molecule has 4 heteroatoms. The average molecular weight is 255 g/mol. The zero-order valence-electron chi connectivity index (χ0n) is 12.2. The Balaban J connectivity index is 1.81. The van der Waals surface area contributed by atoms with Crippen LogP contribution < -0.4 is 5.32 Å². The summed E-state index contributed by atoms with van der Waals surface area (Å²) in [5.74, 6) is 0.703. The monoisotopic (exact) mass is 255 g/mol. The van der Waals surface area contributed by atoms with Crippen LogP contribution in [0, 0.1) is 5.92 Å². The molecule has 2 aliphatic heterocycles. The molecule has 3 unspecified atom stereocenters. The third kappa shape index (κ3) is 3.44. The minimum absolute atomic E-state index is 0.591. The molecule has 2 fully saturated rings. The van der Waals surface area contributed by atoms with Gasteiger partial charge in [-0.25, -0.2) is 0 Å². The first-order valence-corrected chi connectivity index (χ1v) is 7.46. The topological polar surface area (TPSA) is 27.7 Å². The Labute approximate surface area is 112 Å². The van der Waals surface area contributed by atoms with Crippen LogP contribution in [0.2, 0.25) is 0 Å². The minimum atomic E-state index is 0.591. The first-order valence-electron chi connectivity index (χ1n) is 7.46. The molecule has 1 N–H and O–H groups in total. The molecule has 2 rings (SSSR count). The van der Waals surface area contributed by atoms with Crippen molar-refractivity contribution in [1.29, 1.82) is 0 Å². The lowest BCUT2D eigenvalue weighted by molar-refractivity contribution is 0.0744. The molecule has 18 heavy (non-hydrogen) atoms. The number of piperazine rings is 1. The van der Waals surface area contributed by atoms with Crippen molar-refractivity contribution in [2.75, 3.05) is 53.0 Å². The van der Waals surface area contributed by atoms with Crippen molar-refractivity contribution in [1.82, 2.24) is 15.1 Å². The molecule has 0 aromatic carbocycles. The highest BCUT2D eigenvalue weighted by Gasteiger charge is 2.29. The van der Waals surface area contributed by atoms with E-state index in [1.165, 1.54) is 39.1 Å². The fraction of sp³-hybridized carbons (Fsp3) is 1.00. The third-order valence-corrected chi connectivity index (χ3v) is 4.62. The number of hydrogen-bond donors (Lipinski definition) is 1. The van der Waals surface area contributed by atoms with Gasteiger partial charge >= 0.3 is 0 Å². The van der Waals surface area contributed by atoms with Gasteiger partial charge in [-0.15, -0.1) is 0 Å². The van der Waals surface area contributed by atoms with Gasteiger partial charge in [0.25, 0.3) is 0 Å². The summed E-state index contributed by atoms with van der Waals surface area (Å²) < 4.78 is 5.52. The summed E-state index contributed by atoms with van der Waals surface area (Å²) in [6, 6.07) is 1.29. The van der Waals surface area contributed by atoms with Crippen LogP contribution in [0.25, 0.3) is 0 Å². The number of rotatable bonds is 5. The molecule has 0 radical (unpaired) electrons. The van der Waals surface area contributed by atoms with Gasteiger partial charge in [-0.1, -0.05) is 6.92 Å². The van der Waals surface area contributed by atoms with Crippen molar-refractivity contribution in [3.8, 4) is 0 Å². The molecular formula is C14H29N3O. The quantitative estimate of drug-likeness (QED) is 0.780. The highest BCUT2D eigenvalue weighted by atomic mass is 16.5. The lowest BCUT2D eigenvalue weighted by Gasteiger charge is -2.41. The average Bonchev–Trinajstić information content (AvgIpc) is 2.90. The molecule has 2 heterocycles. The van der Waals surface area contributed by atoms with E-state index in [2.05, 4.69) is 36.0 Å². The second-order valence-corrected chi connectivity index (χ2v) is 5.76. The largest absolute Gasteiger partial charge is 0.381 e. The molecule has 106 valence electrons. The molecule has 4 nitrogen and oxygen atoms in total. The second-order valence-electron chi connectivity index (χ2n) is 5.76. The van der Waals surface area contributed by atoms with Crippen LogP contribution in [0.4, 0.5) is 0 Å². The highest BCUT2D eigenvalue weighted by molar-refractivity contribution is 4.85. The summed E-state index contributed by atoms with van der Waals surface area (Å²) in [6.45, 7) is 12.5. The molecular weight excluding hydrogens is 226 g/mol. The van der Waals surface area contributed by atoms with Crippen molar-refractivity contribution < 1.29 is 4.74 Å². The van der Waals surface area contributed by atoms with E-state index < -0.39 is 0 Å². The lowest BCUT2D eigenvalue weighted by atomic mass is 9.98. The molecule has 0 aromatic heterocycles. The van der Waals surface area contributed by atoms with Crippen LogP contribution in [0.5, 0.6) is 0 Å². The zero-order valence-corrected chi connectivity index (χ0v) is 12.2. The van der Waals surface area contributed by atoms with Crippen molar-refractivity contribution in [3.05, 3.63) is 0 Å². The van der Waals surface area contributed by atoms with Crippen molar-refractivity contribution in [2.24, 2.45) is 5.92 Å². The van der Waals surface area contributed by atoms with E-state index >= 15 is 0 Å². The van der Waals surface area contributed by atoms with Crippen LogP contribution in [-0.4, -0.2) is 74.9 Å². The van der Waals surface area contributed by atoms with Crippen LogP contribution in [0.1, 0.15) is 20.3 Å². The maximum Gasteiger partial charge on any atom is 0.0510 e. The second kappa shape index (κ2) is 6.85. The van der Waals surface area contributed by atoms with E-state index in [1.54, 1.807) is 0 Å². The third-order valence-electron chi connectivity index (χ3n) is 4.62. The Morgan fingerprint density at radius 2 is 2.22 bits per heavy atom. The van der Waals surface area contributed by atoms with Gasteiger partial charge < -0.3 is 10.1 Å². The normalized spacial score (nSPS) is 32.8. The SMILES string of the molecule is CCN1CCN(CC(NC)C2CCOC2)CC1C. The predicted octanol–water partition coefficient (Wildman–Crippen LogP) is 0.637. The van der Waals surface area contributed by atoms with Crippen molar-refractivity contribution in [3.63, 3.8) is 0 Å². The maximum absolute atomic E-state index is 5.52. The Kier molecular flexibility index (Phi) is 5.42. The van der Waals surface area contributed by atoms with E-state index in [4.69, 9.17) is 4.74 Å². The van der Waals surface area contributed by atoms with Gasteiger partial charge in [0.05, 0.1) is 6.61 Å². The fourth-order valence-corrected chi connectivity index (χ4v) is 3.33. The van der Waals surface area contributed by atoms with Crippen LogP contribution >= 0.6 is 0 Å². The first-order chi connectivity index (χ1) is 8.74. The van der Waals surface area contributed by atoms with E-state index in [0.29, 0.717) is 18.0 Å². The Morgan fingerprint density at radius 1 is 1.39 bits per heavy atom. The number of nitrogens with one attached hydrogen (secondary N) is 1. The molecule has 0 saturated carbocycles. The Bertz CT molecular complexity index is 243. The summed E-state index contributed by atoms with van der Waals surface area (Å²) in [5.41, 5.74) is 0. The standard InChI is InChI=1S/C14H29N3O/c1-4-17-7-6-16(9-12(17)2)10-14(15-3)13-5-8-18-11-13/h12-15H,4-11H2,1-3H3. The Morgan fingerprint density at radius 3 is 2.78 bits per heavy atom. The van der Waals surface area contributed by atoms with Crippen LogP contribution in [-0.2, 0) is 4.74 Å². The van der Waals surface area contributed by atoms with Gasteiger partial charge in [0.1, 0.15) is 0 Å². The number of likely N-dealkylation sites (N-methyl/N-ethyl adjacent to an activating group) is 2. The van der Waals surface area contributed by atoms with Crippen LogP contribution in [0.3, 0.4) is 0 Å². The smallest absolute Gasteiger partial charge is 0.0510 e. The van der Waals surface area contributed by atoms with E-state index in [0.717, 1.165) is 13.2 Å². The molecule has 0 aromatic rings. The fourth-order valence-electron chi connectivity index (χ4n) is 3.33. The zero-order chi connectivity index (χ0) is 13.0. The highest BCUT2D eigenvalue weighted by Crippen LogP contribution is 2.18. The summed E-state index contributed by atoms with van der Waals surface area (Å²) in [5, 5.41) is 3.50. The summed E-state index contributed by atoms with van der Waals surface area (Å²) >= 11 is 0. The predicted molar refractivity (Wildman–Crippen MR) is 74.9 cm³/mol.